The number of hydrogen-bond donors (Lipinski definition) is 1. The lowest BCUT2D eigenvalue weighted by Gasteiger charge is -2.16. The van der Waals surface area contributed by atoms with Crippen molar-refractivity contribution in [2.75, 3.05) is 7.05 Å². The molecule has 1 aromatic carbocycles. The van der Waals surface area contributed by atoms with Crippen LogP contribution in [-0.2, 0) is 11.8 Å². The second-order valence-electron chi connectivity index (χ2n) is 5.85. The summed E-state index contributed by atoms with van der Waals surface area (Å²) in [6, 6.07) is 10.9. The second kappa shape index (κ2) is 5.85. The van der Waals surface area contributed by atoms with Gasteiger partial charge in [-0.3, -0.25) is 0 Å². The van der Waals surface area contributed by atoms with Gasteiger partial charge in [-0.05, 0) is 12.6 Å². The zero-order valence-electron chi connectivity index (χ0n) is 12.1. The monoisotopic (exact) mass is 274 g/mol. The van der Waals surface area contributed by atoms with Crippen molar-refractivity contribution >= 4 is 11.3 Å². The molecule has 0 spiro atoms. The van der Waals surface area contributed by atoms with Crippen LogP contribution in [0.5, 0.6) is 0 Å². The Kier molecular flexibility index (Phi) is 4.38. The van der Waals surface area contributed by atoms with E-state index in [-0.39, 0.29) is 5.41 Å². The second-order valence-corrected chi connectivity index (χ2v) is 6.71. The third-order valence-electron chi connectivity index (χ3n) is 3.16. The van der Waals surface area contributed by atoms with Crippen LogP contribution in [0.15, 0.2) is 35.7 Å². The molecule has 0 aliphatic heterocycles. The maximum atomic E-state index is 4.77. The molecule has 0 amide bonds. The molecule has 1 atom stereocenters. The summed E-state index contributed by atoms with van der Waals surface area (Å²) in [5, 5.41) is 6.78. The molecule has 2 nitrogen and oxygen atoms in total. The van der Waals surface area contributed by atoms with E-state index in [1.54, 1.807) is 11.3 Å². The molecule has 19 heavy (non-hydrogen) atoms. The SMILES string of the molecule is CNC(Cc1csc(C(C)(C)C)n1)c1ccccc1. The average molecular weight is 274 g/mol. The molecular weight excluding hydrogens is 252 g/mol. The summed E-state index contributed by atoms with van der Waals surface area (Å²) in [4.78, 5) is 4.77. The van der Waals surface area contributed by atoms with Gasteiger partial charge in [0, 0.05) is 23.3 Å². The number of aromatic nitrogens is 1. The fourth-order valence-corrected chi connectivity index (χ4v) is 2.95. The molecule has 1 heterocycles. The van der Waals surface area contributed by atoms with Gasteiger partial charge in [0.25, 0.3) is 0 Å². The number of hydrogen-bond acceptors (Lipinski definition) is 3. The predicted molar refractivity (Wildman–Crippen MR) is 82.8 cm³/mol. The molecule has 0 saturated heterocycles. The molecule has 2 rings (SSSR count). The van der Waals surface area contributed by atoms with Crippen LogP contribution in [0.2, 0.25) is 0 Å². The zero-order valence-corrected chi connectivity index (χ0v) is 12.9. The van der Waals surface area contributed by atoms with Gasteiger partial charge in [-0.15, -0.1) is 11.3 Å². The number of benzene rings is 1. The first-order valence-corrected chi connectivity index (χ1v) is 7.56. The highest BCUT2D eigenvalue weighted by Crippen LogP contribution is 2.27. The Morgan fingerprint density at radius 2 is 1.89 bits per heavy atom. The molecule has 1 N–H and O–H groups in total. The van der Waals surface area contributed by atoms with Gasteiger partial charge in [0.2, 0.25) is 0 Å². The van der Waals surface area contributed by atoms with E-state index in [1.807, 2.05) is 7.05 Å². The van der Waals surface area contributed by atoms with Gasteiger partial charge < -0.3 is 5.32 Å². The van der Waals surface area contributed by atoms with E-state index in [0.717, 1.165) is 6.42 Å². The van der Waals surface area contributed by atoms with Gasteiger partial charge in [0.15, 0.2) is 0 Å². The Morgan fingerprint density at radius 1 is 1.21 bits per heavy atom. The zero-order chi connectivity index (χ0) is 13.9. The number of nitrogens with one attached hydrogen (secondary N) is 1. The van der Waals surface area contributed by atoms with Crippen LogP contribution in [-0.4, -0.2) is 12.0 Å². The molecular formula is C16H22N2S. The van der Waals surface area contributed by atoms with Gasteiger partial charge >= 0.3 is 0 Å². The minimum Gasteiger partial charge on any atom is -0.313 e. The van der Waals surface area contributed by atoms with E-state index in [2.05, 4.69) is 61.8 Å². The first-order valence-electron chi connectivity index (χ1n) is 6.68. The maximum absolute atomic E-state index is 4.77. The van der Waals surface area contributed by atoms with E-state index in [1.165, 1.54) is 16.3 Å². The molecule has 0 aliphatic rings. The summed E-state index contributed by atoms with van der Waals surface area (Å²) < 4.78 is 0. The summed E-state index contributed by atoms with van der Waals surface area (Å²) in [5.74, 6) is 0. The van der Waals surface area contributed by atoms with Gasteiger partial charge in [0.1, 0.15) is 0 Å². The lowest BCUT2D eigenvalue weighted by Crippen LogP contribution is -2.19. The van der Waals surface area contributed by atoms with Crippen molar-refractivity contribution in [1.29, 1.82) is 0 Å². The van der Waals surface area contributed by atoms with Crippen molar-refractivity contribution in [3.05, 3.63) is 52.0 Å². The summed E-state index contributed by atoms with van der Waals surface area (Å²) in [7, 11) is 2.01. The number of likely N-dealkylation sites (N-methyl/N-ethyl adjacent to an activating group) is 1. The van der Waals surface area contributed by atoms with Gasteiger partial charge in [-0.25, -0.2) is 4.98 Å². The van der Waals surface area contributed by atoms with Crippen molar-refractivity contribution < 1.29 is 0 Å². The Morgan fingerprint density at radius 3 is 2.42 bits per heavy atom. The van der Waals surface area contributed by atoms with Crippen molar-refractivity contribution in [1.82, 2.24) is 10.3 Å². The maximum Gasteiger partial charge on any atom is 0.0981 e. The van der Waals surface area contributed by atoms with Crippen LogP contribution < -0.4 is 5.32 Å². The van der Waals surface area contributed by atoms with Crippen molar-refractivity contribution in [3.63, 3.8) is 0 Å². The number of rotatable bonds is 4. The molecule has 0 fully saturated rings. The first kappa shape index (κ1) is 14.2. The van der Waals surface area contributed by atoms with Crippen LogP contribution in [0.4, 0.5) is 0 Å². The molecule has 0 saturated carbocycles. The molecule has 0 radical (unpaired) electrons. The van der Waals surface area contributed by atoms with E-state index in [0.29, 0.717) is 6.04 Å². The molecule has 102 valence electrons. The van der Waals surface area contributed by atoms with Crippen molar-refractivity contribution in [3.8, 4) is 0 Å². The van der Waals surface area contributed by atoms with Crippen LogP contribution in [0.3, 0.4) is 0 Å². The lowest BCUT2D eigenvalue weighted by atomic mass is 9.98. The van der Waals surface area contributed by atoms with Crippen LogP contribution in [0.1, 0.15) is 43.1 Å². The normalized spacial score (nSPS) is 13.5. The summed E-state index contributed by atoms with van der Waals surface area (Å²) in [5.41, 5.74) is 2.64. The number of nitrogens with zero attached hydrogens (tertiary/aromatic N) is 1. The van der Waals surface area contributed by atoms with E-state index >= 15 is 0 Å². The largest absolute Gasteiger partial charge is 0.313 e. The number of thiazole rings is 1. The topological polar surface area (TPSA) is 24.9 Å². The lowest BCUT2D eigenvalue weighted by molar-refractivity contribution is 0.565. The Hall–Kier alpha value is -1.19. The fraction of sp³-hybridized carbons (Fsp3) is 0.438. The third-order valence-corrected chi connectivity index (χ3v) is 4.47. The van der Waals surface area contributed by atoms with Crippen molar-refractivity contribution in [2.24, 2.45) is 0 Å². The van der Waals surface area contributed by atoms with Crippen LogP contribution in [0, 0.1) is 0 Å². The fourth-order valence-electron chi connectivity index (χ4n) is 2.03. The highest BCUT2D eigenvalue weighted by molar-refractivity contribution is 7.09. The van der Waals surface area contributed by atoms with Gasteiger partial charge in [-0.1, -0.05) is 51.1 Å². The van der Waals surface area contributed by atoms with E-state index in [4.69, 9.17) is 4.98 Å². The first-order chi connectivity index (χ1) is 9.00. The standard InChI is InChI=1S/C16H22N2S/c1-16(2,3)15-18-13(11-19-15)10-14(17-4)12-8-6-5-7-9-12/h5-9,11,14,17H,10H2,1-4H3. The van der Waals surface area contributed by atoms with E-state index < -0.39 is 0 Å². The third kappa shape index (κ3) is 3.64. The molecule has 3 heteroatoms. The summed E-state index contributed by atoms with van der Waals surface area (Å²) in [6.45, 7) is 6.63. The summed E-state index contributed by atoms with van der Waals surface area (Å²) in [6.07, 6.45) is 0.938. The molecule has 2 aromatic rings. The molecule has 1 aromatic heterocycles. The Bertz CT molecular complexity index is 511. The Balaban J connectivity index is 2.13. The summed E-state index contributed by atoms with van der Waals surface area (Å²) >= 11 is 1.77. The van der Waals surface area contributed by atoms with Gasteiger partial charge in [0.05, 0.1) is 10.7 Å². The van der Waals surface area contributed by atoms with E-state index in [9.17, 15) is 0 Å². The molecule has 0 bridgehead atoms. The minimum atomic E-state index is 0.144. The minimum absolute atomic E-state index is 0.144. The Labute approximate surface area is 119 Å². The average Bonchev–Trinajstić information content (AvgIpc) is 2.85. The molecule has 1 unspecified atom stereocenters. The van der Waals surface area contributed by atoms with Crippen LogP contribution >= 0.6 is 11.3 Å². The smallest absolute Gasteiger partial charge is 0.0981 e. The molecule has 0 aliphatic carbocycles. The quantitative estimate of drug-likeness (QED) is 0.913. The van der Waals surface area contributed by atoms with Crippen molar-refractivity contribution in [2.45, 2.75) is 38.6 Å². The van der Waals surface area contributed by atoms with Crippen LogP contribution in [0.25, 0.3) is 0 Å². The predicted octanol–water partition coefficient (Wildman–Crippen LogP) is 3.94. The van der Waals surface area contributed by atoms with Gasteiger partial charge in [-0.2, -0.15) is 0 Å². The highest BCUT2D eigenvalue weighted by Gasteiger charge is 2.19. The highest BCUT2D eigenvalue weighted by atomic mass is 32.1.